The molecule has 1 rings (SSSR count). The van der Waals surface area contributed by atoms with Gasteiger partial charge in [0.05, 0.1) is 0 Å². The lowest BCUT2D eigenvalue weighted by molar-refractivity contribution is 0.407. The molecule has 1 aromatic rings. The molecule has 0 fully saturated rings. The lowest BCUT2D eigenvalue weighted by Crippen LogP contribution is -2.37. The predicted octanol–water partition coefficient (Wildman–Crippen LogP) is 4.18. The fraction of sp³-hybridized carbons (Fsp3) is 0.625. The predicted molar refractivity (Wildman–Crippen MR) is 76.3 cm³/mol. The Kier molecular flexibility index (Phi) is 6.95. The van der Waals surface area contributed by atoms with Crippen LogP contribution in [0.25, 0.3) is 0 Å². The van der Waals surface area contributed by atoms with Gasteiger partial charge in [-0.05, 0) is 31.7 Å². The third kappa shape index (κ3) is 5.88. The summed E-state index contributed by atoms with van der Waals surface area (Å²) < 4.78 is 0. The Bertz CT molecular complexity index is 281. The van der Waals surface area contributed by atoms with Gasteiger partial charge in [0.25, 0.3) is 0 Å². The first-order chi connectivity index (χ1) is 8.26. The summed E-state index contributed by atoms with van der Waals surface area (Å²) in [5.41, 5.74) is 1.44. The molecule has 1 nitrogen and oxygen atoms in total. The number of nitrogens with one attached hydrogen (secondary N) is 1. The van der Waals surface area contributed by atoms with Gasteiger partial charge in [0, 0.05) is 12.1 Å². The van der Waals surface area contributed by atoms with E-state index < -0.39 is 0 Å². The summed E-state index contributed by atoms with van der Waals surface area (Å²) in [5, 5.41) is 3.75. The second kappa shape index (κ2) is 8.30. The molecule has 2 atom stereocenters. The topological polar surface area (TPSA) is 12.0 Å². The molecule has 17 heavy (non-hydrogen) atoms. The molecule has 1 N–H and O–H groups in total. The van der Waals surface area contributed by atoms with Crippen molar-refractivity contribution in [3.05, 3.63) is 35.9 Å². The summed E-state index contributed by atoms with van der Waals surface area (Å²) in [6, 6.07) is 12.0. The second-order valence-corrected chi connectivity index (χ2v) is 5.00. The zero-order valence-electron chi connectivity index (χ0n) is 11.6. The number of hydrogen-bond acceptors (Lipinski definition) is 1. The summed E-state index contributed by atoms with van der Waals surface area (Å²) in [5.74, 6) is 0. The molecular formula is C16H27N. The zero-order valence-corrected chi connectivity index (χ0v) is 11.6. The first-order valence-electron chi connectivity index (χ1n) is 7.06. The van der Waals surface area contributed by atoms with Crippen LogP contribution in [0.1, 0.15) is 52.0 Å². The third-order valence-electron chi connectivity index (χ3n) is 3.33. The van der Waals surface area contributed by atoms with E-state index in [1.807, 2.05) is 0 Å². The molecule has 0 aromatic heterocycles. The van der Waals surface area contributed by atoms with Gasteiger partial charge in [0.15, 0.2) is 0 Å². The molecule has 0 aliphatic heterocycles. The molecule has 0 radical (unpaired) electrons. The molecule has 1 heteroatoms. The van der Waals surface area contributed by atoms with Gasteiger partial charge in [-0.2, -0.15) is 0 Å². The molecule has 2 unspecified atom stereocenters. The zero-order chi connectivity index (χ0) is 12.5. The van der Waals surface area contributed by atoms with Crippen molar-refractivity contribution in [3.8, 4) is 0 Å². The summed E-state index contributed by atoms with van der Waals surface area (Å²) in [7, 11) is 0. The van der Waals surface area contributed by atoms with Crippen LogP contribution in [-0.2, 0) is 6.42 Å². The maximum Gasteiger partial charge on any atom is 0.0107 e. The molecule has 0 saturated heterocycles. The van der Waals surface area contributed by atoms with Crippen molar-refractivity contribution < 1.29 is 0 Å². The van der Waals surface area contributed by atoms with Crippen LogP contribution in [0, 0.1) is 0 Å². The van der Waals surface area contributed by atoms with Crippen LogP contribution in [0.2, 0.25) is 0 Å². The van der Waals surface area contributed by atoms with E-state index in [1.165, 1.54) is 31.2 Å². The Labute approximate surface area is 107 Å². The largest absolute Gasteiger partial charge is 0.311 e. The highest BCUT2D eigenvalue weighted by molar-refractivity contribution is 5.15. The molecule has 0 aliphatic carbocycles. The van der Waals surface area contributed by atoms with Crippen molar-refractivity contribution in [1.29, 1.82) is 0 Å². The van der Waals surface area contributed by atoms with Crippen molar-refractivity contribution in [1.82, 2.24) is 5.32 Å². The van der Waals surface area contributed by atoms with Crippen LogP contribution in [0.15, 0.2) is 30.3 Å². The van der Waals surface area contributed by atoms with Gasteiger partial charge in [-0.3, -0.25) is 0 Å². The van der Waals surface area contributed by atoms with E-state index in [0.717, 1.165) is 6.42 Å². The van der Waals surface area contributed by atoms with Crippen molar-refractivity contribution in [3.63, 3.8) is 0 Å². The summed E-state index contributed by atoms with van der Waals surface area (Å²) in [6.45, 7) is 6.84. The lowest BCUT2D eigenvalue weighted by Gasteiger charge is -2.22. The first-order valence-corrected chi connectivity index (χ1v) is 7.06. The SMILES string of the molecule is CCCCC(C)NC(CC)Cc1ccccc1. The summed E-state index contributed by atoms with van der Waals surface area (Å²) in [6.07, 6.45) is 6.26. The number of unbranched alkanes of at least 4 members (excludes halogenated alkanes) is 1. The molecule has 0 heterocycles. The average Bonchev–Trinajstić information content (AvgIpc) is 2.36. The van der Waals surface area contributed by atoms with Crippen LogP contribution in [0.4, 0.5) is 0 Å². The van der Waals surface area contributed by atoms with Crippen LogP contribution >= 0.6 is 0 Å². The number of hydrogen-bond donors (Lipinski definition) is 1. The van der Waals surface area contributed by atoms with E-state index in [4.69, 9.17) is 0 Å². The average molecular weight is 233 g/mol. The van der Waals surface area contributed by atoms with Crippen LogP contribution in [0.5, 0.6) is 0 Å². The monoisotopic (exact) mass is 233 g/mol. The second-order valence-electron chi connectivity index (χ2n) is 5.00. The van der Waals surface area contributed by atoms with Crippen LogP contribution < -0.4 is 5.32 Å². The molecule has 0 aliphatic rings. The molecule has 1 aromatic carbocycles. The smallest absolute Gasteiger partial charge is 0.0107 e. The van der Waals surface area contributed by atoms with E-state index in [2.05, 4.69) is 56.4 Å². The Morgan fingerprint density at radius 2 is 1.82 bits per heavy atom. The van der Waals surface area contributed by atoms with E-state index in [0.29, 0.717) is 12.1 Å². The van der Waals surface area contributed by atoms with Crippen molar-refractivity contribution in [2.24, 2.45) is 0 Å². The van der Waals surface area contributed by atoms with Gasteiger partial charge in [-0.1, -0.05) is 57.0 Å². The minimum atomic E-state index is 0.615. The Balaban J connectivity index is 2.38. The van der Waals surface area contributed by atoms with Crippen LogP contribution in [-0.4, -0.2) is 12.1 Å². The minimum Gasteiger partial charge on any atom is -0.311 e. The van der Waals surface area contributed by atoms with Crippen molar-refractivity contribution in [2.75, 3.05) is 0 Å². The molecule has 0 spiro atoms. The highest BCUT2D eigenvalue weighted by atomic mass is 14.9. The van der Waals surface area contributed by atoms with Gasteiger partial charge in [0.1, 0.15) is 0 Å². The highest BCUT2D eigenvalue weighted by Gasteiger charge is 2.10. The molecule has 96 valence electrons. The maximum atomic E-state index is 3.75. The van der Waals surface area contributed by atoms with E-state index in [-0.39, 0.29) is 0 Å². The summed E-state index contributed by atoms with van der Waals surface area (Å²) >= 11 is 0. The Morgan fingerprint density at radius 3 is 2.41 bits per heavy atom. The Morgan fingerprint density at radius 1 is 1.12 bits per heavy atom. The fourth-order valence-electron chi connectivity index (χ4n) is 2.22. The van der Waals surface area contributed by atoms with Crippen LogP contribution in [0.3, 0.4) is 0 Å². The normalized spacial score (nSPS) is 14.5. The maximum absolute atomic E-state index is 3.75. The summed E-state index contributed by atoms with van der Waals surface area (Å²) in [4.78, 5) is 0. The van der Waals surface area contributed by atoms with Gasteiger partial charge in [-0.25, -0.2) is 0 Å². The van der Waals surface area contributed by atoms with Crippen molar-refractivity contribution >= 4 is 0 Å². The van der Waals surface area contributed by atoms with E-state index >= 15 is 0 Å². The third-order valence-corrected chi connectivity index (χ3v) is 3.33. The van der Waals surface area contributed by atoms with Gasteiger partial charge in [0.2, 0.25) is 0 Å². The van der Waals surface area contributed by atoms with Gasteiger partial charge >= 0.3 is 0 Å². The number of benzene rings is 1. The first kappa shape index (κ1) is 14.2. The molecule has 0 saturated carbocycles. The minimum absolute atomic E-state index is 0.615. The molecule has 0 amide bonds. The van der Waals surface area contributed by atoms with E-state index in [9.17, 15) is 0 Å². The molecule has 0 bridgehead atoms. The molecular weight excluding hydrogens is 206 g/mol. The highest BCUT2D eigenvalue weighted by Crippen LogP contribution is 2.08. The van der Waals surface area contributed by atoms with Gasteiger partial charge in [-0.15, -0.1) is 0 Å². The standard InChI is InChI=1S/C16H27N/c1-4-6-10-14(3)17-16(5-2)13-15-11-8-7-9-12-15/h7-9,11-12,14,16-17H,4-6,10,13H2,1-3H3. The fourth-order valence-corrected chi connectivity index (χ4v) is 2.22. The lowest BCUT2D eigenvalue weighted by atomic mass is 10.0. The number of rotatable bonds is 8. The van der Waals surface area contributed by atoms with E-state index in [1.54, 1.807) is 0 Å². The quantitative estimate of drug-likeness (QED) is 0.710. The van der Waals surface area contributed by atoms with Crippen molar-refractivity contribution in [2.45, 2.75) is 65.0 Å². The van der Waals surface area contributed by atoms with Gasteiger partial charge < -0.3 is 5.32 Å². The Hall–Kier alpha value is -0.820.